The van der Waals surface area contributed by atoms with E-state index < -0.39 is 0 Å². The van der Waals surface area contributed by atoms with Crippen LogP contribution in [0, 0.1) is 6.92 Å². The number of halogens is 1. The third-order valence-electron chi connectivity index (χ3n) is 4.38. The Morgan fingerprint density at radius 1 is 1.13 bits per heavy atom. The van der Waals surface area contributed by atoms with E-state index in [0.717, 1.165) is 27.2 Å². The highest BCUT2D eigenvalue weighted by Crippen LogP contribution is 2.26. The molecule has 1 amide bonds. The van der Waals surface area contributed by atoms with Gasteiger partial charge in [-0.15, -0.1) is 11.3 Å². The molecule has 1 N–H and O–H groups in total. The van der Waals surface area contributed by atoms with Crippen LogP contribution in [0.1, 0.15) is 32.4 Å². The topological polar surface area (TPSA) is 64.4 Å². The Labute approximate surface area is 186 Å². The van der Waals surface area contributed by atoms with Gasteiger partial charge in [-0.05, 0) is 48.9 Å². The van der Waals surface area contributed by atoms with Gasteiger partial charge in [0.15, 0.2) is 10.9 Å². The number of aryl methyl sites for hydroxylation is 1. The van der Waals surface area contributed by atoms with Crippen molar-refractivity contribution in [1.29, 1.82) is 0 Å². The Bertz CT molecular complexity index is 1150. The normalized spacial score (nSPS) is 10.7. The minimum atomic E-state index is -0.330. The van der Waals surface area contributed by atoms with Crippen molar-refractivity contribution in [2.45, 2.75) is 20.0 Å². The molecule has 0 unspecified atom stereocenters. The van der Waals surface area contributed by atoms with Crippen molar-refractivity contribution >= 4 is 38.3 Å². The van der Waals surface area contributed by atoms with Crippen molar-refractivity contribution in [3.8, 4) is 5.75 Å². The molecule has 152 valence electrons. The van der Waals surface area contributed by atoms with Crippen LogP contribution in [0.5, 0.6) is 5.75 Å². The largest absolute Gasteiger partial charge is 0.486 e. The fraction of sp³-hybridized carbons (Fsp3) is 0.130. The van der Waals surface area contributed by atoms with Gasteiger partial charge in [-0.2, -0.15) is 0 Å². The lowest BCUT2D eigenvalue weighted by molar-refractivity contribution is 0.0992. The van der Waals surface area contributed by atoms with Gasteiger partial charge in [-0.1, -0.05) is 46.3 Å². The zero-order valence-electron chi connectivity index (χ0n) is 16.2. The Morgan fingerprint density at radius 3 is 2.77 bits per heavy atom. The first-order chi connectivity index (χ1) is 14.6. The standard InChI is InChI=1S/C23H19BrN2O3S/c1-15-21(13-16-6-5-7-17(24)12-16)30-23(25-15)26-22(27)20-11-10-19(29-20)14-28-18-8-3-2-4-9-18/h2-12H,13-14H2,1H3,(H,25,26,27). The zero-order chi connectivity index (χ0) is 20.9. The molecular weight excluding hydrogens is 464 g/mol. The number of nitrogens with one attached hydrogen (secondary N) is 1. The summed E-state index contributed by atoms with van der Waals surface area (Å²) in [4.78, 5) is 18.1. The molecule has 2 heterocycles. The van der Waals surface area contributed by atoms with E-state index in [1.807, 2.05) is 49.4 Å². The van der Waals surface area contributed by atoms with Crippen molar-refractivity contribution in [2.75, 3.05) is 5.32 Å². The van der Waals surface area contributed by atoms with E-state index in [0.29, 0.717) is 10.9 Å². The molecule has 0 bridgehead atoms. The van der Waals surface area contributed by atoms with Crippen molar-refractivity contribution in [3.63, 3.8) is 0 Å². The molecule has 4 aromatic rings. The maximum absolute atomic E-state index is 12.5. The monoisotopic (exact) mass is 482 g/mol. The fourth-order valence-corrected chi connectivity index (χ4v) is 4.32. The van der Waals surface area contributed by atoms with Gasteiger partial charge in [0.25, 0.3) is 5.91 Å². The van der Waals surface area contributed by atoms with Crippen molar-refractivity contribution in [2.24, 2.45) is 0 Å². The molecule has 0 aliphatic heterocycles. The second-order valence-corrected chi connectivity index (χ2v) is 8.66. The Balaban J connectivity index is 1.38. The summed E-state index contributed by atoms with van der Waals surface area (Å²) < 4.78 is 12.3. The lowest BCUT2D eigenvalue weighted by atomic mass is 10.1. The molecule has 0 atom stereocenters. The van der Waals surface area contributed by atoms with E-state index in [1.54, 1.807) is 12.1 Å². The summed E-state index contributed by atoms with van der Waals surface area (Å²) in [7, 11) is 0. The van der Waals surface area contributed by atoms with Crippen LogP contribution in [0.15, 0.2) is 75.6 Å². The number of carbonyl (C=O) groups is 1. The number of furan rings is 1. The number of nitrogens with zero attached hydrogens (tertiary/aromatic N) is 1. The Kier molecular flexibility index (Phi) is 6.30. The van der Waals surface area contributed by atoms with Crippen molar-refractivity contribution in [1.82, 2.24) is 4.98 Å². The van der Waals surface area contributed by atoms with E-state index >= 15 is 0 Å². The summed E-state index contributed by atoms with van der Waals surface area (Å²) in [5.41, 5.74) is 2.09. The van der Waals surface area contributed by atoms with Gasteiger partial charge in [0.2, 0.25) is 0 Å². The van der Waals surface area contributed by atoms with Crippen LogP contribution in [-0.4, -0.2) is 10.9 Å². The van der Waals surface area contributed by atoms with Crippen LogP contribution in [0.4, 0.5) is 5.13 Å². The minimum absolute atomic E-state index is 0.225. The van der Waals surface area contributed by atoms with Crippen LogP contribution >= 0.6 is 27.3 Å². The van der Waals surface area contributed by atoms with E-state index in [4.69, 9.17) is 9.15 Å². The number of aromatic nitrogens is 1. The molecule has 7 heteroatoms. The SMILES string of the molecule is Cc1nc(NC(=O)c2ccc(COc3ccccc3)o2)sc1Cc1cccc(Br)c1. The van der Waals surface area contributed by atoms with Crippen LogP contribution in [-0.2, 0) is 13.0 Å². The van der Waals surface area contributed by atoms with Crippen LogP contribution < -0.4 is 10.1 Å². The summed E-state index contributed by atoms with van der Waals surface area (Å²) in [5, 5.41) is 3.38. The van der Waals surface area contributed by atoms with Crippen LogP contribution in [0.2, 0.25) is 0 Å². The highest BCUT2D eigenvalue weighted by atomic mass is 79.9. The number of ether oxygens (including phenoxy) is 1. The molecule has 2 aromatic heterocycles. The van der Waals surface area contributed by atoms with Crippen LogP contribution in [0.25, 0.3) is 0 Å². The van der Waals surface area contributed by atoms with E-state index in [-0.39, 0.29) is 18.3 Å². The number of para-hydroxylation sites is 1. The first-order valence-corrected chi connectivity index (χ1v) is 11.0. The lowest BCUT2D eigenvalue weighted by Gasteiger charge is -2.03. The summed E-state index contributed by atoms with van der Waals surface area (Å²) in [6, 6.07) is 21.0. The number of carbonyl (C=O) groups excluding carboxylic acids is 1. The molecule has 0 aliphatic rings. The molecule has 4 rings (SSSR count). The smallest absolute Gasteiger partial charge is 0.293 e. The summed E-state index contributed by atoms with van der Waals surface area (Å²) >= 11 is 4.97. The van der Waals surface area contributed by atoms with Crippen LogP contribution in [0.3, 0.4) is 0 Å². The number of anilines is 1. The molecule has 0 spiro atoms. The first-order valence-electron chi connectivity index (χ1n) is 9.35. The Morgan fingerprint density at radius 2 is 1.97 bits per heavy atom. The van der Waals surface area contributed by atoms with Gasteiger partial charge in [0, 0.05) is 15.8 Å². The predicted octanol–water partition coefficient (Wildman–Crippen LogP) is 6.23. The van der Waals surface area contributed by atoms with Gasteiger partial charge in [0.05, 0.1) is 5.69 Å². The molecule has 5 nitrogen and oxygen atoms in total. The lowest BCUT2D eigenvalue weighted by Crippen LogP contribution is -2.10. The number of amides is 1. The summed E-state index contributed by atoms with van der Waals surface area (Å²) in [6.45, 7) is 2.20. The van der Waals surface area contributed by atoms with Gasteiger partial charge in [-0.25, -0.2) is 4.98 Å². The molecule has 0 radical (unpaired) electrons. The number of hydrogen-bond donors (Lipinski definition) is 1. The highest BCUT2D eigenvalue weighted by molar-refractivity contribution is 9.10. The molecule has 2 aromatic carbocycles. The third kappa shape index (κ3) is 5.17. The van der Waals surface area contributed by atoms with Crippen molar-refractivity contribution < 1.29 is 13.9 Å². The average molecular weight is 483 g/mol. The number of thiazole rings is 1. The molecule has 0 fully saturated rings. The quantitative estimate of drug-likeness (QED) is 0.339. The summed E-state index contributed by atoms with van der Waals surface area (Å²) in [6.07, 6.45) is 0.764. The molecule has 0 saturated carbocycles. The fourth-order valence-electron chi connectivity index (χ4n) is 2.89. The second-order valence-electron chi connectivity index (χ2n) is 6.66. The van der Waals surface area contributed by atoms with Gasteiger partial charge in [0.1, 0.15) is 18.1 Å². The number of hydrogen-bond acceptors (Lipinski definition) is 5. The highest BCUT2D eigenvalue weighted by Gasteiger charge is 2.15. The van der Waals surface area contributed by atoms with E-state index in [2.05, 4.69) is 38.4 Å². The van der Waals surface area contributed by atoms with Gasteiger partial charge >= 0.3 is 0 Å². The van der Waals surface area contributed by atoms with Gasteiger partial charge < -0.3 is 9.15 Å². The zero-order valence-corrected chi connectivity index (χ0v) is 18.6. The third-order valence-corrected chi connectivity index (χ3v) is 5.94. The molecular formula is C23H19BrN2O3S. The minimum Gasteiger partial charge on any atom is -0.486 e. The van der Waals surface area contributed by atoms with Gasteiger partial charge in [-0.3, -0.25) is 10.1 Å². The first kappa shape index (κ1) is 20.4. The number of benzene rings is 2. The van der Waals surface area contributed by atoms with Crippen molar-refractivity contribution in [3.05, 3.63) is 98.9 Å². The number of rotatable bonds is 7. The average Bonchev–Trinajstić information content (AvgIpc) is 3.34. The maximum atomic E-state index is 12.5. The second kappa shape index (κ2) is 9.28. The Hall–Kier alpha value is -2.90. The maximum Gasteiger partial charge on any atom is 0.293 e. The van der Waals surface area contributed by atoms with E-state index in [1.165, 1.54) is 16.9 Å². The predicted molar refractivity (Wildman–Crippen MR) is 121 cm³/mol. The molecule has 30 heavy (non-hydrogen) atoms. The van der Waals surface area contributed by atoms with E-state index in [9.17, 15) is 4.79 Å². The molecule has 0 saturated heterocycles. The molecule has 0 aliphatic carbocycles. The summed E-state index contributed by atoms with van der Waals surface area (Å²) in [5.74, 6) is 1.22.